The molecule has 0 bridgehead atoms. The molecule has 0 spiro atoms. The van der Waals surface area contributed by atoms with Gasteiger partial charge in [0.15, 0.2) is 9.84 Å². The molecule has 0 aromatic heterocycles. The van der Waals surface area contributed by atoms with Gasteiger partial charge in [0.1, 0.15) is 0 Å². The maximum atomic E-state index is 12.0. The van der Waals surface area contributed by atoms with Crippen molar-refractivity contribution >= 4 is 44.6 Å². The van der Waals surface area contributed by atoms with Gasteiger partial charge in [-0.15, -0.1) is 0 Å². The molecule has 0 aliphatic carbocycles. The molecule has 0 saturated carbocycles. The lowest BCUT2D eigenvalue weighted by Crippen LogP contribution is -2.30. The van der Waals surface area contributed by atoms with Crippen molar-refractivity contribution in [1.82, 2.24) is 5.32 Å². The molecule has 1 aliphatic rings. The molecule has 1 heterocycles. The monoisotopic (exact) mass is 336 g/mol. The number of nitrogens with one attached hydrogen (secondary N) is 1. The number of carbonyl (C=O) groups is 1. The van der Waals surface area contributed by atoms with Gasteiger partial charge in [-0.3, -0.25) is 4.79 Å². The Morgan fingerprint density at radius 1 is 1.40 bits per heavy atom. The maximum absolute atomic E-state index is 12.0. The lowest BCUT2D eigenvalue weighted by molar-refractivity contribution is 0.0948. The van der Waals surface area contributed by atoms with Crippen LogP contribution in [0.25, 0.3) is 0 Å². The molecule has 1 saturated heterocycles. The van der Waals surface area contributed by atoms with Crippen LogP contribution in [-0.2, 0) is 9.84 Å². The number of rotatable bonds is 3. The molecule has 5 nitrogen and oxygen atoms in total. The number of amides is 1. The van der Waals surface area contributed by atoms with Gasteiger partial charge in [0.2, 0.25) is 0 Å². The van der Waals surface area contributed by atoms with Crippen molar-refractivity contribution in [2.45, 2.75) is 6.42 Å². The fourth-order valence-electron chi connectivity index (χ4n) is 2.14. The van der Waals surface area contributed by atoms with Gasteiger partial charge in [0.25, 0.3) is 5.91 Å². The molecule has 3 N–H and O–H groups in total. The lowest BCUT2D eigenvalue weighted by atomic mass is 10.1. The van der Waals surface area contributed by atoms with Gasteiger partial charge in [0.05, 0.1) is 27.1 Å². The van der Waals surface area contributed by atoms with E-state index in [1.54, 1.807) is 0 Å². The zero-order valence-electron chi connectivity index (χ0n) is 10.5. The molecule has 1 amide bonds. The third kappa shape index (κ3) is 3.56. The third-order valence-corrected chi connectivity index (χ3v) is 5.81. The van der Waals surface area contributed by atoms with Gasteiger partial charge in [-0.1, -0.05) is 23.2 Å². The number of nitrogen functional groups attached to an aromatic ring is 1. The van der Waals surface area contributed by atoms with E-state index in [0.29, 0.717) is 18.7 Å². The second kappa shape index (κ2) is 5.79. The topological polar surface area (TPSA) is 89.3 Å². The molecule has 2 rings (SSSR count). The number of carbonyl (C=O) groups excluding carboxylic acids is 1. The van der Waals surface area contributed by atoms with Crippen LogP contribution in [0.3, 0.4) is 0 Å². The highest BCUT2D eigenvalue weighted by atomic mass is 35.5. The molecule has 0 radical (unpaired) electrons. The third-order valence-electron chi connectivity index (χ3n) is 3.17. The lowest BCUT2D eigenvalue weighted by Gasteiger charge is -2.11. The predicted molar refractivity (Wildman–Crippen MR) is 80.0 cm³/mol. The van der Waals surface area contributed by atoms with E-state index >= 15 is 0 Å². The van der Waals surface area contributed by atoms with Crippen molar-refractivity contribution in [3.63, 3.8) is 0 Å². The minimum atomic E-state index is -2.95. The highest BCUT2D eigenvalue weighted by Gasteiger charge is 2.28. The Labute approximate surface area is 127 Å². The number of halogens is 2. The molecule has 1 aromatic rings. The zero-order valence-corrected chi connectivity index (χ0v) is 12.9. The minimum absolute atomic E-state index is 0.0562. The molecule has 1 aliphatic heterocycles. The summed E-state index contributed by atoms with van der Waals surface area (Å²) in [5, 5.41) is 3.02. The van der Waals surface area contributed by atoms with E-state index in [1.807, 2.05) is 0 Å². The van der Waals surface area contributed by atoms with Gasteiger partial charge >= 0.3 is 0 Å². The second-order valence-electron chi connectivity index (χ2n) is 4.84. The van der Waals surface area contributed by atoms with Crippen LogP contribution in [-0.4, -0.2) is 32.4 Å². The molecule has 110 valence electrons. The van der Waals surface area contributed by atoms with E-state index in [9.17, 15) is 13.2 Å². The number of anilines is 1. The summed E-state index contributed by atoms with van der Waals surface area (Å²) < 4.78 is 22.7. The van der Waals surface area contributed by atoms with Crippen molar-refractivity contribution in [3.8, 4) is 0 Å². The first-order valence-corrected chi connectivity index (χ1v) is 8.59. The van der Waals surface area contributed by atoms with Gasteiger partial charge < -0.3 is 11.1 Å². The largest absolute Gasteiger partial charge is 0.399 e. The standard InChI is InChI=1S/C12H14Cl2N2O3S/c13-10-4-8(15)3-9(11(10)14)12(17)16-5-7-1-2-20(18,19)6-7/h3-4,7H,1-2,5-6,15H2,(H,16,17). The Hall–Kier alpha value is -0.980. The van der Waals surface area contributed by atoms with Crippen LogP contribution in [0.4, 0.5) is 5.69 Å². The molecular weight excluding hydrogens is 323 g/mol. The normalized spacial score (nSPS) is 20.8. The Kier molecular flexibility index (Phi) is 4.46. The smallest absolute Gasteiger partial charge is 0.252 e. The first-order valence-electron chi connectivity index (χ1n) is 6.01. The average Bonchev–Trinajstić information content (AvgIpc) is 2.70. The quantitative estimate of drug-likeness (QED) is 0.822. The van der Waals surface area contributed by atoms with E-state index in [4.69, 9.17) is 28.9 Å². The fourth-order valence-corrected chi connectivity index (χ4v) is 4.43. The first-order chi connectivity index (χ1) is 9.28. The summed E-state index contributed by atoms with van der Waals surface area (Å²) in [5.41, 5.74) is 6.15. The summed E-state index contributed by atoms with van der Waals surface area (Å²) in [6.07, 6.45) is 0.564. The van der Waals surface area contributed by atoms with Gasteiger partial charge in [-0.2, -0.15) is 0 Å². The minimum Gasteiger partial charge on any atom is -0.399 e. The molecule has 1 unspecified atom stereocenters. The Balaban J connectivity index is 2.03. The van der Waals surface area contributed by atoms with E-state index < -0.39 is 15.7 Å². The van der Waals surface area contributed by atoms with Crippen molar-refractivity contribution < 1.29 is 13.2 Å². The van der Waals surface area contributed by atoms with Crippen molar-refractivity contribution in [2.75, 3.05) is 23.8 Å². The van der Waals surface area contributed by atoms with E-state index in [-0.39, 0.29) is 33.0 Å². The van der Waals surface area contributed by atoms with Crippen LogP contribution in [0, 0.1) is 5.92 Å². The van der Waals surface area contributed by atoms with E-state index in [1.165, 1.54) is 12.1 Å². The summed E-state index contributed by atoms with van der Waals surface area (Å²) in [4.78, 5) is 12.0. The summed E-state index contributed by atoms with van der Waals surface area (Å²) in [6, 6.07) is 2.90. The number of hydrogen-bond acceptors (Lipinski definition) is 4. The van der Waals surface area contributed by atoms with Crippen LogP contribution >= 0.6 is 23.2 Å². The Morgan fingerprint density at radius 3 is 2.70 bits per heavy atom. The molecule has 8 heteroatoms. The summed E-state index contributed by atoms with van der Waals surface area (Å²) >= 11 is 11.8. The molecular formula is C12H14Cl2N2O3S. The average molecular weight is 337 g/mol. The fraction of sp³-hybridized carbons (Fsp3) is 0.417. The first kappa shape index (κ1) is 15.4. The van der Waals surface area contributed by atoms with Gasteiger partial charge in [-0.25, -0.2) is 8.42 Å². The van der Waals surface area contributed by atoms with Crippen LogP contribution in [0.1, 0.15) is 16.8 Å². The van der Waals surface area contributed by atoms with Crippen LogP contribution in [0.15, 0.2) is 12.1 Å². The van der Waals surface area contributed by atoms with E-state index in [2.05, 4.69) is 5.32 Å². The highest BCUT2D eigenvalue weighted by molar-refractivity contribution is 7.91. The summed E-state index contributed by atoms with van der Waals surface area (Å²) in [7, 11) is -2.95. The predicted octanol–water partition coefficient (Wildman–Crippen LogP) is 1.74. The van der Waals surface area contributed by atoms with Crippen molar-refractivity contribution in [2.24, 2.45) is 5.92 Å². The van der Waals surface area contributed by atoms with Gasteiger partial charge in [0, 0.05) is 12.2 Å². The Morgan fingerprint density at radius 2 is 2.10 bits per heavy atom. The SMILES string of the molecule is Nc1cc(Cl)c(Cl)c(C(=O)NCC2CCS(=O)(=O)C2)c1. The number of sulfone groups is 1. The van der Waals surface area contributed by atoms with Crippen molar-refractivity contribution in [1.29, 1.82) is 0 Å². The highest BCUT2D eigenvalue weighted by Crippen LogP contribution is 2.28. The second-order valence-corrected chi connectivity index (χ2v) is 7.86. The number of benzene rings is 1. The van der Waals surface area contributed by atoms with Crippen molar-refractivity contribution in [3.05, 3.63) is 27.7 Å². The zero-order chi connectivity index (χ0) is 14.9. The molecule has 1 aromatic carbocycles. The maximum Gasteiger partial charge on any atom is 0.252 e. The van der Waals surface area contributed by atoms with Gasteiger partial charge in [-0.05, 0) is 24.5 Å². The summed E-state index contributed by atoms with van der Waals surface area (Å²) in [6.45, 7) is 0.292. The van der Waals surface area contributed by atoms with Crippen LogP contribution < -0.4 is 11.1 Å². The molecule has 20 heavy (non-hydrogen) atoms. The van der Waals surface area contributed by atoms with Crippen LogP contribution in [0.2, 0.25) is 10.0 Å². The van der Waals surface area contributed by atoms with E-state index in [0.717, 1.165) is 0 Å². The van der Waals surface area contributed by atoms with Crippen LogP contribution in [0.5, 0.6) is 0 Å². The number of hydrogen-bond donors (Lipinski definition) is 2. The Bertz CT molecular complexity index is 646. The molecule has 1 atom stereocenters. The summed E-state index contributed by atoms with van der Waals surface area (Å²) in [5.74, 6) is -0.176. The molecule has 1 fully saturated rings. The number of nitrogens with two attached hydrogens (primary N) is 1.